The van der Waals surface area contributed by atoms with Crippen molar-refractivity contribution in [2.24, 2.45) is 11.7 Å². The zero-order chi connectivity index (χ0) is 14.8. The molecule has 112 valence electrons. The molecule has 1 saturated carbocycles. The lowest BCUT2D eigenvalue weighted by atomic mass is 9.73. The first-order valence-corrected chi connectivity index (χ1v) is 7.59. The minimum absolute atomic E-state index is 0.127. The number of hydrogen-bond acceptors (Lipinski definition) is 2. The van der Waals surface area contributed by atoms with E-state index in [-0.39, 0.29) is 17.5 Å². The van der Waals surface area contributed by atoms with Crippen molar-refractivity contribution in [3.8, 4) is 0 Å². The molecule has 0 spiro atoms. The van der Waals surface area contributed by atoms with E-state index in [1.165, 1.54) is 18.6 Å². The molecule has 2 nitrogen and oxygen atoms in total. The van der Waals surface area contributed by atoms with E-state index in [0.29, 0.717) is 17.4 Å². The predicted octanol–water partition coefficient (Wildman–Crippen LogP) is 3.94. The lowest BCUT2D eigenvalue weighted by molar-refractivity contribution is -0.0705. The number of nitrogens with two attached hydrogens (primary N) is 1. The molecule has 20 heavy (non-hydrogen) atoms. The molecular formula is C16H23ClFNO. The summed E-state index contributed by atoms with van der Waals surface area (Å²) in [6.45, 7) is 2.24. The molecule has 1 aliphatic carbocycles. The molecular weight excluding hydrogens is 277 g/mol. The Labute approximate surface area is 125 Å². The van der Waals surface area contributed by atoms with Gasteiger partial charge >= 0.3 is 0 Å². The van der Waals surface area contributed by atoms with Gasteiger partial charge in [-0.15, -0.1) is 0 Å². The fourth-order valence-corrected chi connectivity index (χ4v) is 3.57. The van der Waals surface area contributed by atoms with Crippen molar-refractivity contribution in [3.05, 3.63) is 34.6 Å². The second kappa shape index (κ2) is 6.42. The van der Waals surface area contributed by atoms with Crippen LogP contribution in [0.5, 0.6) is 0 Å². The van der Waals surface area contributed by atoms with Crippen LogP contribution in [0, 0.1) is 11.7 Å². The molecule has 0 saturated heterocycles. The van der Waals surface area contributed by atoms with Gasteiger partial charge in [-0.3, -0.25) is 0 Å². The summed E-state index contributed by atoms with van der Waals surface area (Å²) < 4.78 is 18.9. The average molecular weight is 300 g/mol. The Balaban J connectivity index is 2.14. The van der Waals surface area contributed by atoms with Crippen LogP contribution in [0.15, 0.2) is 18.2 Å². The largest absolute Gasteiger partial charge is 0.377 e. The molecule has 2 rings (SSSR count). The molecule has 4 heteroatoms. The molecule has 1 aliphatic rings. The molecule has 0 heterocycles. The van der Waals surface area contributed by atoms with E-state index in [4.69, 9.17) is 22.1 Å². The first-order chi connectivity index (χ1) is 9.47. The number of hydrogen-bond donors (Lipinski definition) is 1. The second-order valence-electron chi connectivity index (χ2n) is 6.02. The van der Waals surface area contributed by atoms with Crippen molar-refractivity contribution in [1.29, 1.82) is 0 Å². The Bertz CT molecular complexity index is 468. The summed E-state index contributed by atoms with van der Waals surface area (Å²) in [5, 5.41) is 0.440. The van der Waals surface area contributed by atoms with E-state index in [1.54, 1.807) is 13.2 Å². The molecule has 3 unspecified atom stereocenters. The first kappa shape index (κ1) is 15.7. The van der Waals surface area contributed by atoms with E-state index in [2.05, 4.69) is 6.92 Å². The summed E-state index contributed by atoms with van der Waals surface area (Å²) in [6, 6.07) is 4.36. The molecule has 0 radical (unpaired) electrons. The van der Waals surface area contributed by atoms with Crippen molar-refractivity contribution in [1.82, 2.24) is 0 Å². The molecule has 1 fully saturated rings. The van der Waals surface area contributed by atoms with Gasteiger partial charge in [-0.1, -0.05) is 37.4 Å². The Hall–Kier alpha value is -0.640. The van der Waals surface area contributed by atoms with Crippen molar-refractivity contribution in [2.45, 2.75) is 50.7 Å². The van der Waals surface area contributed by atoms with E-state index in [0.717, 1.165) is 24.8 Å². The zero-order valence-corrected chi connectivity index (χ0v) is 12.9. The van der Waals surface area contributed by atoms with Crippen molar-refractivity contribution < 1.29 is 9.13 Å². The molecule has 1 aromatic rings. The molecule has 0 amide bonds. The van der Waals surface area contributed by atoms with Gasteiger partial charge in [0.2, 0.25) is 0 Å². The highest BCUT2D eigenvalue weighted by Gasteiger charge is 2.40. The van der Waals surface area contributed by atoms with Crippen LogP contribution in [-0.4, -0.2) is 18.8 Å². The van der Waals surface area contributed by atoms with Crippen LogP contribution in [0.1, 0.15) is 38.2 Å². The smallest absolute Gasteiger partial charge is 0.124 e. The third-order valence-electron chi connectivity index (χ3n) is 4.53. The van der Waals surface area contributed by atoms with Gasteiger partial charge in [0.05, 0.1) is 5.60 Å². The van der Waals surface area contributed by atoms with Gasteiger partial charge in [0.1, 0.15) is 5.82 Å². The molecule has 0 bridgehead atoms. The maximum Gasteiger partial charge on any atom is 0.124 e. The third-order valence-corrected chi connectivity index (χ3v) is 4.88. The monoisotopic (exact) mass is 299 g/mol. The quantitative estimate of drug-likeness (QED) is 0.914. The Morgan fingerprint density at radius 2 is 2.30 bits per heavy atom. The summed E-state index contributed by atoms with van der Waals surface area (Å²) in [6.07, 6.45) is 4.94. The molecule has 0 aromatic heterocycles. The predicted molar refractivity (Wildman–Crippen MR) is 80.5 cm³/mol. The average Bonchev–Trinajstić information content (AvgIpc) is 2.41. The normalized spacial score (nSPS) is 28.4. The highest BCUT2D eigenvalue weighted by Crippen LogP contribution is 2.38. The third kappa shape index (κ3) is 3.33. The van der Waals surface area contributed by atoms with Crippen LogP contribution in [-0.2, 0) is 11.2 Å². The van der Waals surface area contributed by atoms with Gasteiger partial charge in [-0.2, -0.15) is 0 Å². The summed E-state index contributed by atoms with van der Waals surface area (Å²) >= 11 is 6.09. The van der Waals surface area contributed by atoms with Gasteiger partial charge in [-0.05, 0) is 42.9 Å². The van der Waals surface area contributed by atoms with Gasteiger partial charge < -0.3 is 10.5 Å². The lowest BCUT2D eigenvalue weighted by Crippen LogP contribution is -2.53. The SMILES string of the molecule is COC1(C(N)Cc2ccc(F)cc2Cl)CCCC(C)C1. The number of halogens is 2. The van der Waals surface area contributed by atoms with Crippen LogP contribution in [0.3, 0.4) is 0 Å². The van der Waals surface area contributed by atoms with E-state index >= 15 is 0 Å². The first-order valence-electron chi connectivity index (χ1n) is 7.21. The maximum absolute atomic E-state index is 13.1. The van der Waals surface area contributed by atoms with Crippen LogP contribution in [0.2, 0.25) is 5.02 Å². The summed E-state index contributed by atoms with van der Waals surface area (Å²) in [7, 11) is 1.74. The minimum atomic E-state index is -0.319. The number of ether oxygens (including phenoxy) is 1. The minimum Gasteiger partial charge on any atom is -0.377 e. The maximum atomic E-state index is 13.1. The standard InChI is InChI=1S/C16H23ClFNO/c1-11-4-3-7-16(10-11,20-2)15(19)8-12-5-6-13(18)9-14(12)17/h5-6,9,11,15H,3-4,7-8,10,19H2,1-2H3. The van der Waals surface area contributed by atoms with Gasteiger partial charge in [-0.25, -0.2) is 4.39 Å². The Kier molecular flexibility index (Phi) is 5.05. The molecule has 0 aliphatic heterocycles. The summed E-state index contributed by atoms with van der Waals surface area (Å²) in [5.41, 5.74) is 7.02. The van der Waals surface area contributed by atoms with Crippen LogP contribution in [0.25, 0.3) is 0 Å². The van der Waals surface area contributed by atoms with Crippen molar-refractivity contribution in [3.63, 3.8) is 0 Å². The highest BCUT2D eigenvalue weighted by atomic mass is 35.5. The fraction of sp³-hybridized carbons (Fsp3) is 0.625. The van der Waals surface area contributed by atoms with E-state index in [1.807, 2.05) is 0 Å². The molecule has 3 atom stereocenters. The van der Waals surface area contributed by atoms with E-state index in [9.17, 15) is 4.39 Å². The summed E-state index contributed by atoms with van der Waals surface area (Å²) in [5.74, 6) is 0.304. The zero-order valence-electron chi connectivity index (χ0n) is 12.2. The Morgan fingerprint density at radius 3 is 2.90 bits per heavy atom. The van der Waals surface area contributed by atoms with Gasteiger partial charge in [0, 0.05) is 18.2 Å². The second-order valence-corrected chi connectivity index (χ2v) is 6.42. The van der Waals surface area contributed by atoms with Crippen LogP contribution in [0.4, 0.5) is 4.39 Å². The molecule has 2 N–H and O–H groups in total. The van der Waals surface area contributed by atoms with Gasteiger partial charge in [0.15, 0.2) is 0 Å². The lowest BCUT2D eigenvalue weighted by Gasteiger charge is -2.43. The molecule has 1 aromatic carbocycles. The number of methoxy groups -OCH3 is 1. The van der Waals surface area contributed by atoms with Crippen LogP contribution < -0.4 is 5.73 Å². The van der Waals surface area contributed by atoms with Crippen LogP contribution >= 0.6 is 11.6 Å². The van der Waals surface area contributed by atoms with Gasteiger partial charge in [0.25, 0.3) is 0 Å². The summed E-state index contributed by atoms with van der Waals surface area (Å²) in [4.78, 5) is 0. The number of benzene rings is 1. The Morgan fingerprint density at radius 1 is 1.55 bits per heavy atom. The highest BCUT2D eigenvalue weighted by molar-refractivity contribution is 6.31. The van der Waals surface area contributed by atoms with Crippen molar-refractivity contribution in [2.75, 3.05) is 7.11 Å². The topological polar surface area (TPSA) is 35.2 Å². The van der Waals surface area contributed by atoms with Crippen molar-refractivity contribution >= 4 is 11.6 Å². The fourth-order valence-electron chi connectivity index (χ4n) is 3.33. The number of rotatable bonds is 4. The van der Waals surface area contributed by atoms with E-state index < -0.39 is 0 Å².